The third kappa shape index (κ3) is 2.54. The van der Waals surface area contributed by atoms with Gasteiger partial charge in [-0.2, -0.15) is 0 Å². The van der Waals surface area contributed by atoms with E-state index in [-0.39, 0.29) is 0 Å². The van der Waals surface area contributed by atoms with Crippen molar-refractivity contribution in [1.29, 1.82) is 0 Å². The van der Waals surface area contributed by atoms with E-state index >= 15 is 0 Å². The first kappa shape index (κ1) is 11.0. The van der Waals surface area contributed by atoms with E-state index in [2.05, 4.69) is 15.9 Å². The van der Waals surface area contributed by atoms with E-state index in [4.69, 9.17) is 23.2 Å². The van der Waals surface area contributed by atoms with Gasteiger partial charge in [-0.1, -0.05) is 57.3 Å². The second-order valence-corrected chi connectivity index (χ2v) is 4.87. The quantitative estimate of drug-likeness (QED) is 0.659. The van der Waals surface area contributed by atoms with Crippen LogP contribution in [0.3, 0.4) is 0 Å². The minimum Gasteiger partial charge on any atom is -0.0827 e. The molecule has 0 saturated carbocycles. The molecule has 0 spiro atoms. The fraction of sp³-hybridized carbons (Fsp3) is 0. The normalized spacial score (nSPS) is 10.3. The number of rotatable bonds is 1. The molecule has 15 heavy (non-hydrogen) atoms. The van der Waals surface area contributed by atoms with Gasteiger partial charge in [-0.15, -0.1) is 0 Å². The molecule has 0 aromatic heterocycles. The molecule has 2 rings (SSSR count). The molecule has 0 aliphatic heterocycles. The van der Waals surface area contributed by atoms with Gasteiger partial charge in [0.05, 0.1) is 10.0 Å². The van der Waals surface area contributed by atoms with Crippen molar-refractivity contribution in [3.63, 3.8) is 0 Å². The smallest absolute Gasteiger partial charge is 0.0598 e. The summed E-state index contributed by atoms with van der Waals surface area (Å²) in [6, 6.07) is 13.7. The van der Waals surface area contributed by atoms with Crippen LogP contribution in [0.5, 0.6) is 0 Å². The molecule has 0 heterocycles. The van der Waals surface area contributed by atoms with Crippen LogP contribution in [0.15, 0.2) is 46.9 Å². The van der Waals surface area contributed by atoms with Crippen molar-refractivity contribution in [1.82, 2.24) is 0 Å². The van der Waals surface area contributed by atoms with Crippen molar-refractivity contribution in [2.24, 2.45) is 0 Å². The Labute approximate surface area is 107 Å². The number of hydrogen-bond donors (Lipinski definition) is 0. The molecule has 2 aromatic carbocycles. The Hall–Kier alpha value is -0.500. The number of benzene rings is 2. The lowest BCUT2D eigenvalue weighted by Crippen LogP contribution is -1.78. The van der Waals surface area contributed by atoms with Gasteiger partial charge in [0.1, 0.15) is 0 Å². The Morgan fingerprint density at radius 3 is 2.20 bits per heavy atom. The minimum atomic E-state index is 0.578. The van der Waals surface area contributed by atoms with Gasteiger partial charge in [0, 0.05) is 4.47 Å². The maximum Gasteiger partial charge on any atom is 0.0598 e. The third-order valence-corrected chi connectivity index (χ3v) is 3.31. The zero-order valence-electron chi connectivity index (χ0n) is 7.68. The Balaban J connectivity index is 2.50. The maximum atomic E-state index is 5.96. The molecule has 0 bridgehead atoms. The zero-order chi connectivity index (χ0) is 10.8. The topological polar surface area (TPSA) is 0 Å². The Kier molecular flexibility index (Phi) is 3.35. The summed E-state index contributed by atoms with van der Waals surface area (Å²) in [6.07, 6.45) is 0. The van der Waals surface area contributed by atoms with Gasteiger partial charge in [0.15, 0.2) is 0 Å². The van der Waals surface area contributed by atoms with Gasteiger partial charge in [-0.05, 0) is 35.4 Å². The molecule has 76 valence electrons. The zero-order valence-corrected chi connectivity index (χ0v) is 10.8. The molecule has 0 unspecified atom stereocenters. The lowest BCUT2D eigenvalue weighted by Gasteiger charge is -2.03. The monoisotopic (exact) mass is 300 g/mol. The highest BCUT2D eigenvalue weighted by molar-refractivity contribution is 9.10. The Morgan fingerprint density at radius 2 is 1.53 bits per heavy atom. The maximum absolute atomic E-state index is 5.96. The largest absolute Gasteiger partial charge is 0.0827 e. The molecule has 0 atom stereocenters. The van der Waals surface area contributed by atoms with Gasteiger partial charge in [0.25, 0.3) is 0 Å². The molecule has 0 saturated heterocycles. The van der Waals surface area contributed by atoms with E-state index in [1.165, 1.54) is 0 Å². The second kappa shape index (κ2) is 4.56. The molecule has 0 nitrogen and oxygen atoms in total. The second-order valence-electron chi connectivity index (χ2n) is 3.14. The van der Waals surface area contributed by atoms with Crippen molar-refractivity contribution >= 4 is 39.1 Å². The molecular formula is C12H7BrCl2. The first-order valence-corrected chi connectivity index (χ1v) is 5.93. The van der Waals surface area contributed by atoms with Gasteiger partial charge in [-0.3, -0.25) is 0 Å². The molecule has 3 heteroatoms. The lowest BCUT2D eigenvalue weighted by atomic mass is 10.1. The van der Waals surface area contributed by atoms with Gasteiger partial charge in [0.2, 0.25) is 0 Å². The van der Waals surface area contributed by atoms with Crippen LogP contribution in [0.1, 0.15) is 0 Å². The van der Waals surface area contributed by atoms with Crippen LogP contribution in [0.2, 0.25) is 10.0 Å². The SMILES string of the molecule is Clc1ccc(-c2cccc(Br)c2)cc1Cl. The third-order valence-electron chi connectivity index (χ3n) is 2.08. The highest BCUT2D eigenvalue weighted by Gasteiger charge is 2.02. The van der Waals surface area contributed by atoms with Crippen LogP contribution in [0.4, 0.5) is 0 Å². The van der Waals surface area contributed by atoms with Crippen molar-refractivity contribution in [2.75, 3.05) is 0 Å². The molecule has 2 aromatic rings. The van der Waals surface area contributed by atoms with Crippen LogP contribution >= 0.6 is 39.1 Å². The van der Waals surface area contributed by atoms with Crippen molar-refractivity contribution < 1.29 is 0 Å². The van der Waals surface area contributed by atoms with E-state index < -0.39 is 0 Å². The standard InChI is InChI=1S/C12H7BrCl2/c13-10-3-1-2-8(6-10)9-4-5-11(14)12(15)7-9/h1-7H. The van der Waals surface area contributed by atoms with Gasteiger partial charge in [-0.25, -0.2) is 0 Å². The van der Waals surface area contributed by atoms with Crippen molar-refractivity contribution in [2.45, 2.75) is 0 Å². The van der Waals surface area contributed by atoms with E-state index in [0.29, 0.717) is 10.0 Å². The summed E-state index contributed by atoms with van der Waals surface area (Å²) >= 11 is 15.3. The fourth-order valence-corrected chi connectivity index (χ4v) is 2.04. The van der Waals surface area contributed by atoms with Gasteiger partial charge >= 0.3 is 0 Å². The van der Waals surface area contributed by atoms with E-state index in [1.807, 2.05) is 36.4 Å². The van der Waals surface area contributed by atoms with Crippen molar-refractivity contribution in [3.05, 3.63) is 57.0 Å². The molecule has 0 radical (unpaired) electrons. The summed E-state index contributed by atoms with van der Waals surface area (Å²) in [4.78, 5) is 0. The molecule has 0 amide bonds. The highest BCUT2D eigenvalue weighted by atomic mass is 79.9. The van der Waals surface area contributed by atoms with Crippen LogP contribution in [0.25, 0.3) is 11.1 Å². The first-order valence-electron chi connectivity index (χ1n) is 4.38. The van der Waals surface area contributed by atoms with Crippen LogP contribution in [-0.2, 0) is 0 Å². The Morgan fingerprint density at radius 1 is 0.800 bits per heavy atom. The molecule has 0 N–H and O–H groups in total. The molecular weight excluding hydrogens is 295 g/mol. The minimum absolute atomic E-state index is 0.578. The van der Waals surface area contributed by atoms with E-state index in [0.717, 1.165) is 15.6 Å². The van der Waals surface area contributed by atoms with Crippen LogP contribution in [-0.4, -0.2) is 0 Å². The predicted molar refractivity (Wildman–Crippen MR) is 69.6 cm³/mol. The van der Waals surface area contributed by atoms with Crippen LogP contribution < -0.4 is 0 Å². The first-order chi connectivity index (χ1) is 7.16. The average molecular weight is 302 g/mol. The van der Waals surface area contributed by atoms with Crippen molar-refractivity contribution in [3.8, 4) is 11.1 Å². The van der Waals surface area contributed by atoms with E-state index in [1.54, 1.807) is 6.07 Å². The summed E-state index contributed by atoms with van der Waals surface area (Å²) in [7, 11) is 0. The molecule has 0 aliphatic rings. The summed E-state index contributed by atoms with van der Waals surface area (Å²) < 4.78 is 1.05. The molecule has 0 aliphatic carbocycles. The summed E-state index contributed by atoms with van der Waals surface area (Å²) in [6.45, 7) is 0. The lowest BCUT2D eigenvalue weighted by molar-refractivity contribution is 1.59. The molecule has 0 fully saturated rings. The number of halogens is 3. The van der Waals surface area contributed by atoms with Crippen LogP contribution in [0, 0.1) is 0 Å². The summed E-state index contributed by atoms with van der Waals surface area (Å²) in [5.74, 6) is 0. The van der Waals surface area contributed by atoms with Gasteiger partial charge < -0.3 is 0 Å². The fourth-order valence-electron chi connectivity index (χ4n) is 1.34. The summed E-state index contributed by atoms with van der Waals surface area (Å²) in [5.41, 5.74) is 2.17. The number of hydrogen-bond acceptors (Lipinski definition) is 0. The summed E-state index contributed by atoms with van der Waals surface area (Å²) in [5, 5.41) is 1.16. The van der Waals surface area contributed by atoms with E-state index in [9.17, 15) is 0 Å². The highest BCUT2D eigenvalue weighted by Crippen LogP contribution is 2.29. The Bertz CT molecular complexity index is 495. The predicted octanol–water partition coefficient (Wildman–Crippen LogP) is 5.42. The average Bonchev–Trinajstić information content (AvgIpc) is 2.22.